The van der Waals surface area contributed by atoms with Crippen molar-refractivity contribution in [2.45, 2.75) is 59.3 Å². The van der Waals surface area contributed by atoms with Crippen LogP contribution >= 0.6 is 0 Å². The summed E-state index contributed by atoms with van der Waals surface area (Å²) in [5.74, 6) is 3.97. The quantitative estimate of drug-likeness (QED) is 0.689. The van der Waals surface area contributed by atoms with E-state index in [2.05, 4.69) is 113 Å². The van der Waals surface area contributed by atoms with Crippen LogP contribution in [0.2, 0.25) is 0 Å². The standard InChI is InChI=1S/C27H32BN/c1-18(2)22-15-24(19(3)4)27(25(16-22)20(5)6)28-17-21-11-7-8-12-23(21)26-13-9-10-14-29(26)28/h7-20H,1-6H3. The highest BCUT2D eigenvalue weighted by Gasteiger charge is 2.32. The number of benzene rings is 2. The zero-order valence-corrected chi connectivity index (χ0v) is 18.6. The van der Waals surface area contributed by atoms with Crippen LogP contribution in [0.4, 0.5) is 0 Å². The molecule has 2 aromatic rings. The summed E-state index contributed by atoms with van der Waals surface area (Å²) >= 11 is 0. The molecule has 0 bridgehead atoms. The van der Waals surface area contributed by atoms with Crippen LogP contribution < -0.4 is 15.9 Å². The zero-order valence-electron chi connectivity index (χ0n) is 18.6. The van der Waals surface area contributed by atoms with Crippen molar-refractivity contribution in [2.24, 2.45) is 0 Å². The van der Waals surface area contributed by atoms with E-state index in [0.717, 1.165) is 0 Å². The van der Waals surface area contributed by atoms with Gasteiger partial charge in [-0.15, -0.1) is 0 Å². The van der Waals surface area contributed by atoms with Crippen LogP contribution in [-0.4, -0.2) is 11.7 Å². The number of nitrogens with zero attached hydrogens (tertiary/aromatic N) is 1. The number of fused-ring (bicyclic) bond motifs is 2. The van der Waals surface area contributed by atoms with Gasteiger partial charge in [0.1, 0.15) is 0 Å². The predicted molar refractivity (Wildman–Crippen MR) is 128 cm³/mol. The van der Waals surface area contributed by atoms with Gasteiger partial charge < -0.3 is 4.81 Å². The average Bonchev–Trinajstić information content (AvgIpc) is 2.72. The molecule has 2 aliphatic heterocycles. The summed E-state index contributed by atoms with van der Waals surface area (Å²) in [5.41, 5.74) is 7.22. The molecule has 0 amide bonds. The molecule has 0 unspecified atom stereocenters. The molecule has 29 heavy (non-hydrogen) atoms. The van der Waals surface area contributed by atoms with Gasteiger partial charge >= 0.3 is 6.85 Å². The molecule has 0 aromatic heterocycles. The molecule has 0 atom stereocenters. The largest absolute Gasteiger partial charge is 0.383 e. The lowest BCUT2D eigenvalue weighted by molar-refractivity contribution is 0.795. The van der Waals surface area contributed by atoms with Crippen molar-refractivity contribution in [1.29, 1.82) is 0 Å². The Morgan fingerprint density at radius 3 is 2.07 bits per heavy atom. The van der Waals surface area contributed by atoms with Crippen molar-refractivity contribution in [1.82, 2.24) is 4.81 Å². The van der Waals surface area contributed by atoms with Crippen LogP contribution in [0.1, 0.15) is 76.0 Å². The van der Waals surface area contributed by atoms with E-state index in [9.17, 15) is 0 Å². The highest BCUT2D eigenvalue weighted by Crippen LogP contribution is 2.28. The van der Waals surface area contributed by atoms with Crippen molar-refractivity contribution >= 4 is 24.0 Å². The second kappa shape index (κ2) is 7.74. The average molecular weight is 381 g/mol. The Bertz CT molecular complexity index is 1070. The minimum Gasteiger partial charge on any atom is -0.383 e. The fourth-order valence-corrected chi connectivity index (χ4v) is 4.63. The highest BCUT2D eigenvalue weighted by molar-refractivity contribution is 6.85. The molecule has 148 valence electrons. The Kier molecular flexibility index (Phi) is 5.29. The molecular formula is C27H32BN. The molecule has 2 heteroatoms. The number of hydrogen-bond acceptors (Lipinski definition) is 1. The van der Waals surface area contributed by atoms with Crippen molar-refractivity contribution in [2.75, 3.05) is 0 Å². The molecule has 1 nitrogen and oxygen atoms in total. The third kappa shape index (κ3) is 3.50. The lowest BCUT2D eigenvalue weighted by atomic mass is 9.48. The van der Waals surface area contributed by atoms with Gasteiger partial charge in [-0.25, -0.2) is 0 Å². The number of rotatable bonds is 4. The van der Waals surface area contributed by atoms with E-state index in [-0.39, 0.29) is 6.85 Å². The maximum absolute atomic E-state index is 2.47. The van der Waals surface area contributed by atoms with Crippen LogP contribution in [0.15, 0.2) is 60.8 Å². The third-order valence-electron chi connectivity index (χ3n) is 6.24. The van der Waals surface area contributed by atoms with Gasteiger partial charge in [-0.05, 0) is 63.5 Å². The van der Waals surface area contributed by atoms with E-state index in [0.29, 0.717) is 17.8 Å². The first-order chi connectivity index (χ1) is 13.9. The predicted octanol–water partition coefficient (Wildman–Crippen LogP) is 4.78. The van der Waals surface area contributed by atoms with E-state index in [4.69, 9.17) is 0 Å². The fourth-order valence-electron chi connectivity index (χ4n) is 4.63. The smallest absolute Gasteiger partial charge is 0.321 e. The van der Waals surface area contributed by atoms with Crippen LogP contribution in [0, 0.1) is 0 Å². The van der Waals surface area contributed by atoms with E-state index < -0.39 is 0 Å². The van der Waals surface area contributed by atoms with Crippen molar-refractivity contribution in [3.8, 4) is 0 Å². The van der Waals surface area contributed by atoms with Gasteiger partial charge in [-0.3, -0.25) is 0 Å². The van der Waals surface area contributed by atoms with Crippen LogP contribution in [-0.2, 0) is 0 Å². The molecule has 0 aliphatic carbocycles. The van der Waals surface area contributed by atoms with Gasteiger partial charge in [0.15, 0.2) is 0 Å². The molecule has 4 rings (SSSR count). The Balaban J connectivity index is 2.03. The molecule has 0 spiro atoms. The highest BCUT2D eigenvalue weighted by atomic mass is 15.1. The first-order valence-corrected chi connectivity index (χ1v) is 11.0. The van der Waals surface area contributed by atoms with Crippen LogP contribution in [0.3, 0.4) is 0 Å². The first kappa shape index (κ1) is 19.8. The van der Waals surface area contributed by atoms with Gasteiger partial charge in [0.2, 0.25) is 0 Å². The summed E-state index contributed by atoms with van der Waals surface area (Å²) in [7, 11) is 0. The van der Waals surface area contributed by atoms with Crippen LogP contribution in [0.25, 0.3) is 11.7 Å². The summed E-state index contributed by atoms with van der Waals surface area (Å²) in [4.78, 5) is 2.46. The van der Waals surface area contributed by atoms with Gasteiger partial charge in [-0.1, -0.05) is 90.0 Å². The maximum atomic E-state index is 2.47. The zero-order chi connectivity index (χ0) is 20.7. The fraction of sp³-hybridized carbons (Fsp3) is 0.333. The molecular weight excluding hydrogens is 349 g/mol. The molecule has 0 saturated heterocycles. The second-order valence-electron chi connectivity index (χ2n) is 9.27. The summed E-state index contributed by atoms with van der Waals surface area (Å²) < 4.78 is 0. The Hall–Kier alpha value is -2.48. The topological polar surface area (TPSA) is 3.24 Å². The Labute approximate surface area is 176 Å². The second-order valence-corrected chi connectivity index (χ2v) is 9.27. The summed E-state index contributed by atoms with van der Waals surface area (Å²) in [6, 6.07) is 13.7. The van der Waals surface area contributed by atoms with Gasteiger partial charge in [0, 0.05) is 10.9 Å². The van der Waals surface area contributed by atoms with E-state index in [1.54, 1.807) is 0 Å². The summed E-state index contributed by atoms with van der Waals surface area (Å²) in [6.45, 7) is 14.2. The molecule has 2 heterocycles. The lowest BCUT2D eigenvalue weighted by Crippen LogP contribution is -2.53. The third-order valence-corrected chi connectivity index (χ3v) is 6.24. The Morgan fingerprint density at radius 2 is 1.45 bits per heavy atom. The van der Waals surface area contributed by atoms with Gasteiger partial charge in [0.05, 0.1) is 0 Å². The molecule has 0 radical (unpaired) electrons. The minimum absolute atomic E-state index is 0.220. The SMILES string of the molecule is CC(C)c1cc(C(C)C)c(B2C=c3ccccc3=C3C=CC=CN23)c(C(C)C)c1. The molecule has 2 aromatic carbocycles. The van der Waals surface area contributed by atoms with Gasteiger partial charge in [0.25, 0.3) is 0 Å². The van der Waals surface area contributed by atoms with Crippen molar-refractivity contribution in [3.63, 3.8) is 0 Å². The molecule has 0 fully saturated rings. The number of hydrogen-bond donors (Lipinski definition) is 0. The van der Waals surface area contributed by atoms with Gasteiger partial charge in [-0.2, -0.15) is 0 Å². The number of allylic oxidation sites excluding steroid dienone is 2. The van der Waals surface area contributed by atoms with Crippen molar-refractivity contribution in [3.05, 3.63) is 88.0 Å². The minimum atomic E-state index is 0.220. The molecule has 2 aliphatic rings. The van der Waals surface area contributed by atoms with Crippen molar-refractivity contribution < 1.29 is 0 Å². The molecule has 0 saturated carbocycles. The lowest BCUT2D eigenvalue weighted by Gasteiger charge is -2.35. The Morgan fingerprint density at radius 1 is 0.793 bits per heavy atom. The summed E-state index contributed by atoms with van der Waals surface area (Å²) in [5, 5.41) is 2.65. The van der Waals surface area contributed by atoms with Crippen LogP contribution in [0.5, 0.6) is 0 Å². The maximum Gasteiger partial charge on any atom is 0.321 e. The van der Waals surface area contributed by atoms with E-state index in [1.165, 1.54) is 38.3 Å². The monoisotopic (exact) mass is 381 g/mol. The summed E-state index contributed by atoms with van der Waals surface area (Å²) in [6.07, 6.45) is 8.81. The van der Waals surface area contributed by atoms with E-state index in [1.807, 2.05) is 0 Å². The first-order valence-electron chi connectivity index (χ1n) is 11.0. The van der Waals surface area contributed by atoms with E-state index >= 15 is 0 Å². The molecule has 0 N–H and O–H groups in total. The normalized spacial score (nSPS) is 15.3.